The second kappa shape index (κ2) is 16.2. The number of nitrogens with zero attached hydrogens (tertiary/aromatic N) is 6. The van der Waals surface area contributed by atoms with E-state index in [4.69, 9.17) is 28.7 Å². The second-order valence-corrected chi connectivity index (χ2v) is 13.6. The van der Waals surface area contributed by atoms with Crippen molar-refractivity contribution in [2.45, 2.75) is 115 Å². The zero-order valence-electron chi connectivity index (χ0n) is 30.9. The van der Waals surface area contributed by atoms with Gasteiger partial charge in [-0.25, -0.2) is 4.79 Å². The lowest BCUT2D eigenvalue weighted by Crippen LogP contribution is -2.61. The first kappa shape index (κ1) is 38.2. The minimum absolute atomic E-state index is 0.103. The molecule has 2 fully saturated rings. The smallest absolute Gasteiger partial charge is 0.339 e. The molecule has 6 rings (SSSR count). The van der Waals surface area contributed by atoms with E-state index in [0.717, 1.165) is 100 Å². The molecular formula is C38H44N6O10. The Morgan fingerprint density at radius 2 is 1.50 bits per heavy atom. The van der Waals surface area contributed by atoms with E-state index >= 15 is 0 Å². The largest absolute Gasteiger partial charge is 0.467 e. The van der Waals surface area contributed by atoms with E-state index < -0.39 is 60.1 Å². The summed E-state index contributed by atoms with van der Waals surface area (Å²) in [5.41, 5.74) is 2.59. The lowest BCUT2D eigenvalue weighted by atomic mass is 9.97. The van der Waals surface area contributed by atoms with Gasteiger partial charge in [0.05, 0.1) is 13.7 Å². The zero-order chi connectivity index (χ0) is 38.6. The Hall–Kier alpha value is -5.51. The van der Waals surface area contributed by atoms with Gasteiger partial charge in [-0.2, -0.15) is 0 Å². The van der Waals surface area contributed by atoms with Crippen LogP contribution in [0.3, 0.4) is 0 Å². The lowest BCUT2D eigenvalue weighted by Gasteiger charge is -2.42. The molecule has 286 valence electrons. The molecule has 1 saturated heterocycles. The number of ether oxygens (including phenoxy) is 5. The molecule has 1 saturated carbocycles. The van der Waals surface area contributed by atoms with Gasteiger partial charge in [-0.1, -0.05) is 74.7 Å². The van der Waals surface area contributed by atoms with Crippen LogP contribution in [0.15, 0.2) is 53.5 Å². The summed E-state index contributed by atoms with van der Waals surface area (Å²) in [7, 11) is 1.11. The van der Waals surface area contributed by atoms with Crippen molar-refractivity contribution in [3.8, 4) is 22.5 Å². The minimum Gasteiger partial charge on any atom is -0.467 e. The van der Waals surface area contributed by atoms with Crippen molar-refractivity contribution in [1.82, 2.24) is 25.1 Å². The Balaban J connectivity index is 1.28. The van der Waals surface area contributed by atoms with Gasteiger partial charge in [0.25, 0.3) is 5.91 Å². The Bertz CT molecular complexity index is 1920. The van der Waals surface area contributed by atoms with Crippen molar-refractivity contribution in [1.29, 1.82) is 0 Å². The Morgan fingerprint density at radius 3 is 2.13 bits per heavy atom. The summed E-state index contributed by atoms with van der Waals surface area (Å²) in [6.07, 6.45) is -1.20. The summed E-state index contributed by atoms with van der Waals surface area (Å²) < 4.78 is 27.2. The van der Waals surface area contributed by atoms with Crippen molar-refractivity contribution >= 4 is 35.6 Å². The Labute approximate surface area is 312 Å². The molecule has 16 nitrogen and oxygen atoms in total. The normalized spacial score (nSPS) is 23.2. The number of rotatable bonds is 12. The van der Waals surface area contributed by atoms with E-state index in [1.54, 1.807) is 0 Å². The molecule has 1 spiro atoms. The fourth-order valence-corrected chi connectivity index (χ4v) is 7.32. The summed E-state index contributed by atoms with van der Waals surface area (Å²) in [4.78, 5) is 71.0. The van der Waals surface area contributed by atoms with Gasteiger partial charge in [0, 0.05) is 32.8 Å². The van der Waals surface area contributed by atoms with Crippen LogP contribution in [0.4, 0.5) is 0 Å². The molecule has 1 aromatic heterocycles. The SMILES string of the molecule is CCCCC1=NC2(CCCC2)C(=O)N1Cc1ccc(-c2ccccc2-c2nnn([C@H]3OC(C(=O)OC)[C@H](OC(C)=O)[C@@H](OC(C)=O)[C@H]3OC(C)=O)n2)cc1. The van der Waals surface area contributed by atoms with E-state index in [2.05, 4.69) is 22.3 Å². The van der Waals surface area contributed by atoms with Gasteiger partial charge in [-0.05, 0) is 41.2 Å². The average Bonchev–Trinajstić information content (AvgIpc) is 3.89. The van der Waals surface area contributed by atoms with Crippen LogP contribution < -0.4 is 0 Å². The van der Waals surface area contributed by atoms with Gasteiger partial charge in [0.15, 0.2) is 24.4 Å². The molecule has 2 aliphatic heterocycles. The number of aromatic nitrogens is 4. The van der Waals surface area contributed by atoms with Crippen LogP contribution in [0, 0.1) is 0 Å². The van der Waals surface area contributed by atoms with Gasteiger partial charge >= 0.3 is 23.9 Å². The van der Waals surface area contributed by atoms with Crippen LogP contribution in [0.2, 0.25) is 0 Å². The quantitative estimate of drug-likeness (QED) is 0.190. The van der Waals surface area contributed by atoms with E-state index in [1.807, 2.05) is 53.4 Å². The first-order valence-corrected chi connectivity index (χ1v) is 18.1. The number of esters is 4. The van der Waals surface area contributed by atoms with Crippen molar-refractivity contribution in [3.63, 3.8) is 0 Å². The summed E-state index contributed by atoms with van der Waals surface area (Å²) in [6.45, 7) is 5.91. The molecule has 54 heavy (non-hydrogen) atoms. The summed E-state index contributed by atoms with van der Waals surface area (Å²) in [5.74, 6) is -2.20. The fourth-order valence-electron chi connectivity index (χ4n) is 7.32. The predicted octanol–water partition coefficient (Wildman–Crippen LogP) is 4.12. The van der Waals surface area contributed by atoms with Crippen molar-refractivity contribution in [3.05, 3.63) is 54.1 Å². The van der Waals surface area contributed by atoms with Crippen LogP contribution in [-0.4, -0.2) is 97.8 Å². The summed E-state index contributed by atoms with van der Waals surface area (Å²) in [5, 5.41) is 13.0. The van der Waals surface area contributed by atoms with E-state index in [0.29, 0.717) is 12.1 Å². The van der Waals surface area contributed by atoms with Gasteiger partial charge in [0.1, 0.15) is 11.4 Å². The second-order valence-electron chi connectivity index (χ2n) is 13.6. The molecule has 3 aliphatic rings. The molecule has 0 radical (unpaired) electrons. The van der Waals surface area contributed by atoms with Crippen LogP contribution in [0.25, 0.3) is 22.5 Å². The summed E-state index contributed by atoms with van der Waals surface area (Å²) in [6, 6.07) is 15.3. The molecule has 3 heterocycles. The summed E-state index contributed by atoms with van der Waals surface area (Å²) >= 11 is 0. The number of amides is 1. The standard InChI is InChI=1S/C38H44N6O10/c1-6-7-14-29-39-38(19-10-11-20-38)37(49)43(29)21-25-15-17-26(18-16-25)27-12-8-9-13-28(27)34-40-42-44(41-34)35-32(53-24(4)47)30(51-22(2)45)31(52-23(3)46)33(54-35)36(48)50-5/h8-9,12-13,15-18,30-33,35H,6-7,10-11,14,19-21H2,1-5H3/t30-,31-,32-,33?,35+/m1/s1. The number of aliphatic imine (C=N–C) groups is 1. The van der Waals surface area contributed by atoms with Crippen molar-refractivity contribution in [2.24, 2.45) is 4.99 Å². The minimum atomic E-state index is -1.62. The van der Waals surface area contributed by atoms with E-state index in [-0.39, 0.29) is 11.7 Å². The highest BCUT2D eigenvalue weighted by Crippen LogP contribution is 2.40. The monoisotopic (exact) mass is 744 g/mol. The highest BCUT2D eigenvalue weighted by atomic mass is 16.7. The zero-order valence-corrected chi connectivity index (χ0v) is 30.9. The van der Waals surface area contributed by atoms with Crippen molar-refractivity contribution < 1.29 is 47.7 Å². The maximum absolute atomic E-state index is 13.7. The van der Waals surface area contributed by atoms with Crippen LogP contribution >= 0.6 is 0 Å². The molecule has 0 N–H and O–H groups in total. The maximum Gasteiger partial charge on any atom is 0.339 e. The number of carbonyl (C=O) groups is 5. The maximum atomic E-state index is 13.7. The Morgan fingerprint density at radius 1 is 0.870 bits per heavy atom. The number of tetrazole rings is 1. The number of unbranched alkanes of at least 4 members (excludes halogenated alkanes) is 1. The highest BCUT2D eigenvalue weighted by molar-refractivity contribution is 6.08. The highest BCUT2D eigenvalue weighted by Gasteiger charge is 2.56. The van der Waals surface area contributed by atoms with Gasteiger partial charge in [0.2, 0.25) is 12.1 Å². The number of methoxy groups -OCH3 is 1. The van der Waals surface area contributed by atoms with Crippen LogP contribution in [-0.2, 0) is 54.2 Å². The lowest BCUT2D eigenvalue weighted by molar-refractivity contribution is -0.267. The molecule has 0 bridgehead atoms. The van der Waals surface area contributed by atoms with Crippen LogP contribution in [0.1, 0.15) is 84.4 Å². The molecule has 2 aromatic carbocycles. The number of hydrogen-bond donors (Lipinski definition) is 0. The average molecular weight is 745 g/mol. The van der Waals surface area contributed by atoms with E-state index in [1.165, 1.54) is 0 Å². The first-order valence-electron chi connectivity index (χ1n) is 18.1. The van der Waals surface area contributed by atoms with Gasteiger partial charge < -0.3 is 23.7 Å². The number of hydrogen-bond acceptors (Lipinski definition) is 14. The first-order chi connectivity index (χ1) is 25.9. The third kappa shape index (κ3) is 7.88. The third-order valence-electron chi connectivity index (χ3n) is 9.76. The molecule has 1 unspecified atom stereocenters. The van der Waals surface area contributed by atoms with E-state index in [9.17, 15) is 24.0 Å². The predicted molar refractivity (Wildman–Crippen MR) is 190 cm³/mol. The number of carbonyl (C=O) groups excluding carboxylic acids is 5. The van der Waals surface area contributed by atoms with Gasteiger partial charge in [-0.15, -0.1) is 15.0 Å². The fraction of sp³-hybridized carbons (Fsp3) is 0.500. The van der Waals surface area contributed by atoms with Crippen molar-refractivity contribution in [2.75, 3.05) is 7.11 Å². The third-order valence-corrected chi connectivity index (χ3v) is 9.76. The Kier molecular flexibility index (Phi) is 11.5. The molecule has 5 atom stereocenters. The molecule has 3 aromatic rings. The van der Waals surface area contributed by atoms with Crippen LogP contribution in [0.5, 0.6) is 0 Å². The molecular weight excluding hydrogens is 700 g/mol. The number of amidine groups is 1. The van der Waals surface area contributed by atoms with Gasteiger partial charge in [-0.3, -0.25) is 29.1 Å². The molecule has 1 aliphatic carbocycles. The topological polar surface area (TPSA) is 191 Å². The molecule has 16 heteroatoms. The molecule has 1 amide bonds. The number of benzene rings is 2.